The first-order valence-electron chi connectivity index (χ1n) is 7.56. The number of nitrogens with one attached hydrogen (secondary N) is 1. The molecule has 0 bridgehead atoms. The second-order valence-electron chi connectivity index (χ2n) is 5.72. The molecule has 0 radical (unpaired) electrons. The van der Waals surface area contributed by atoms with E-state index in [4.69, 9.17) is 0 Å². The van der Waals surface area contributed by atoms with E-state index in [-0.39, 0.29) is 23.1 Å². The molecule has 0 saturated carbocycles. The number of aliphatic hydroxyl groups excluding tert-OH is 1. The predicted octanol–water partition coefficient (Wildman–Crippen LogP) is 4.00. The number of hydrogen-bond donors (Lipinski definition) is 2. The topological polar surface area (TPSA) is 62.2 Å². The fraction of sp³-hybridized carbons (Fsp3) is 0.294. The van der Waals surface area contributed by atoms with Gasteiger partial charge in [0, 0.05) is 23.7 Å². The molecule has 1 heterocycles. The lowest BCUT2D eigenvalue weighted by atomic mass is 9.99. The lowest BCUT2D eigenvalue weighted by Crippen LogP contribution is -2.19. The molecule has 0 fully saturated rings. The summed E-state index contributed by atoms with van der Waals surface area (Å²) in [5.41, 5.74) is -3.86. The number of fused-ring (bicyclic) bond motifs is 1. The van der Waals surface area contributed by atoms with Crippen molar-refractivity contribution in [2.24, 2.45) is 0 Å². The van der Waals surface area contributed by atoms with Gasteiger partial charge in [-0.1, -0.05) is 12.1 Å². The Labute approximate surface area is 149 Å². The number of nitrogens with zero attached hydrogens (tertiary/aromatic N) is 1. The number of para-hydroxylation sites is 1. The Morgan fingerprint density at radius 3 is 2.44 bits per heavy atom. The molecule has 0 amide bonds. The zero-order chi connectivity index (χ0) is 20.4. The first-order valence-corrected chi connectivity index (χ1v) is 7.56. The molecule has 0 aliphatic heterocycles. The van der Waals surface area contributed by atoms with E-state index in [1.54, 1.807) is 0 Å². The largest absolute Gasteiger partial charge is 0.433 e. The fourth-order valence-corrected chi connectivity index (χ4v) is 2.40. The monoisotopic (exact) mass is 392 g/mol. The summed E-state index contributed by atoms with van der Waals surface area (Å²) < 4.78 is 78.8. The number of benzene rings is 1. The maximum absolute atomic E-state index is 13.2. The lowest BCUT2D eigenvalue weighted by Gasteiger charge is -2.18. The highest BCUT2D eigenvalue weighted by Gasteiger charge is 2.37. The molecule has 0 saturated heterocycles. The first-order chi connectivity index (χ1) is 12.4. The van der Waals surface area contributed by atoms with Crippen LogP contribution in [0.2, 0.25) is 0 Å². The minimum atomic E-state index is -5.00. The highest BCUT2D eigenvalue weighted by atomic mass is 19.4. The van der Waals surface area contributed by atoms with Gasteiger partial charge < -0.3 is 10.4 Å². The minimum Gasteiger partial charge on any atom is -0.388 e. The van der Waals surface area contributed by atoms with Crippen LogP contribution in [0.15, 0.2) is 36.0 Å². The van der Waals surface area contributed by atoms with Crippen LogP contribution in [0.25, 0.3) is 10.9 Å². The summed E-state index contributed by atoms with van der Waals surface area (Å²) >= 11 is 0. The van der Waals surface area contributed by atoms with E-state index in [9.17, 15) is 36.2 Å². The number of aliphatic hydroxyl groups is 1. The van der Waals surface area contributed by atoms with Gasteiger partial charge >= 0.3 is 12.4 Å². The van der Waals surface area contributed by atoms with Crippen LogP contribution < -0.4 is 5.32 Å². The van der Waals surface area contributed by atoms with E-state index in [0.29, 0.717) is 18.4 Å². The third-order valence-corrected chi connectivity index (χ3v) is 3.65. The molecule has 1 aromatic heterocycles. The summed E-state index contributed by atoms with van der Waals surface area (Å²) in [5.74, 6) is 0. The number of carbonyl (C=O) groups excluding carboxylic acids is 1. The number of allylic oxidation sites excluding steroid dienone is 1. The average Bonchev–Trinajstić information content (AvgIpc) is 2.58. The minimum absolute atomic E-state index is 0.247. The molecule has 1 unspecified atom stereocenters. The standard InChI is InChI=1S/C17H14F6N2O2/c1-9(8-26)6-24-7-13(27)11-5-14(17(21,22)23)25-15-10(11)3-2-4-12(15)16(18,19)20/h2-6,8,13,24,27H,7H2,1H3/b9-6+. The van der Waals surface area contributed by atoms with Crippen LogP contribution in [0.5, 0.6) is 0 Å². The summed E-state index contributed by atoms with van der Waals surface area (Å²) in [4.78, 5) is 13.6. The van der Waals surface area contributed by atoms with Crippen molar-refractivity contribution < 1.29 is 36.2 Å². The van der Waals surface area contributed by atoms with Gasteiger partial charge in [-0.2, -0.15) is 26.3 Å². The Bertz CT molecular complexity index is 874. The van der Waals surface area contributed by atoms with Gasteiger partial charge in [0.05, 0.1) is 17.2 Å². The second-order valence-corrected chi connectivity index (χ2v) is 5.72. The number of aromatic nitrogens is 1. The van der Waals surface area contributed by atoms with Crippen LogP contribution in [-0.4, -0.2) is 22.9 Å². The van der Waals surface area contributed by atoms with Gasteiger partial charge in [0.15, 0.2) is 0 Å². The number of carbonyl (C=O) groups is 1. The van der Waals surface area contributed by atoms with Crippen molar-refractivity contribution in [2.45, 2.75) is 25.4 Å². The highest BCUT2D eigenvalue weighted by Crippen LogP contribution is 2.38. The Morgan fingerprint density at radius 1 is 1.22 bits per heavy atom. The Morgan fingerprint density at radius 2 is 1.89 bits per heavy atom. The highest BCUT2D eigenvalue weighted by molar-refractivity contribution is 5.86. The summed E-state index contributed by atoms with van der Waals surface area (Å²) in [6.07, 6.45) is -9.75. The van der Waals surface area contributed by atoms with E-state index in [2.05, 4.69) is 10.3 Å². The van der Waals surface area contributed by atoms with Crippen molar-refractivity contribution in [3.63, 3.8) is 0 Å². The van der Waals surface area contributed by atoms with E-state index in [1.807, 2.05) is 0 Å². The molecule has 10 heteroatoms. The molecule has 2 rings (SSSR count). The van der Waals surface area contributed by atoms with Crippen LogP contribution in [0.4, 0.5) is 26.3 Å². The van der Waals surface area contributed by atoms with Crippen LogP contribution in [0.1, 0.15) is 29.8 Å². The van der Waals surface area contributed by atoms with Crippen LogP contribution >= 0.6 is 0 Å². The molecule has 0 aliphatic carbocycles. The van der Waals surface area contributed by atoms with Gasteiger partial charge in [0.25, 0.3) is 0 Å². The molecular formula is C17H14F6N2O2. The zero-order valence-corrected chi connectivity index (χ0v) is 13.8. The van der Waals surface area contributed by atoms with Crippen molar-refractivity contribution in [1.82, 2.24) is 10.3 Å². The number of rotatable bonds is 5. The SMILES string of the molecule is C/C(C=O)=C\NCC(O)c1cc(C(F)(F)F)nc2c(C(F)(F)F)cccc12. The number of halogens is 6. The summed E-state index contributed by atoms with van der Waals surface area (Å²) in [6.45, 7) is 1.13. The van der Waals surface area contributed by atoms with Gasteiger partial charge in [-0.05, 0) is 24.6 Å². The maximum atomic E-state index is 13.2. The molecule has 1 atom stereocenters. The van der Waals surface area contributed by atoms with Gasteiger partial charge in [-0.15, -0.1) is 0 Å². The molecule has 4 nitrogen and oxygen atoms in total. The molecule has 146 valence electrons. The molecule has 0 aliphatic rings. The van der Waals surface area contributed by atoms with E-state index >= 15 is 0 Å². The Hall–Kier alpha value is -2.62. The Kier molecular flexibility index (Phi) is 5.79. The third-order valence-electron chi connectivity index (χ3n) is 3.65. The van der Waals surface area contributed by atoms with Crippen LogP contribution in [-0.2, 0) is 17.1 Å². The van der Waals surface area contributed by atoms with Crippen molar-refractivity contribution >= 4 is 17.2 Å². The maximum Gasteiger partial charge on any atom is 0.433 e. The summed E-state index contributed by atoms with van der Waals surface area (Å²) in [5, 5.41) is 12.5. The number of hydrogen-bond acceptors (Lipinski definition) is 4. The first kappa shape index (κ1) is 20.7. The van der Waals surface area contributed by atoms with Gasteiger partial charge in [0.1, 0.15) is 12.0 Å². The average molecular weight is 392 g/mol. The number of aldehydes is 1. The Balaban J connectivity index is 2.62. The van der Waals surface area contributed by atoms with E-state index < -0.39 is 35.2 Å². The quantitative estimate of drug-likeness (QED) is 0.459. The van der Waals surface area contributed by atoms with Crippen molar-refractivity contribution in [3.8, 4) is 0 Å². The zero-order valence-electron chi connectivity index (χ0n) is 13.8. The van der Waals surface area contributed by atoms with Gasteiger partial charge in [0.2, 0.25) is 0 Å². The molecule has 2 aromatic rings. The number of alkyl halides is 6. The molecule has 27 heavy (non-hydrogen) atoms. The van der Waals surface area contributed by atoms with Gasteiger partial charge in [-0.25, -0.2) is 4.98 Å². The lowest BCUT2D eigenvalue weighted by molar-refractivity contribution is -0.142. The summed E-state index contributed by atoms with van der Waals surface area (Å²) in [7, 11) is 0. The molecule has 0 spiro atoms. The molecular weight excluding hydrogens is 378 g/mol. The summed E-state index contributed by atoms with van der Waals surface area (Å²) in [6, 6.07) is 3.33. The van der Waals surface area contributed by atoms with E-state index in [1.165, 1.54) is 13.1 Å². The van der Waals surface area contributed by atoms with Crippen molar-refractivity contribution in [1.29, 1.82) is 0 Å². The van der Waals surface area contributed by atoms with Crippen molar-refractivity contribution in [3.05, 3.63) is 52.9 Å². The van der Waals surface area contributed by atoms with Crippen molar-refractivity contribution in [2.75, 3.05) is 6.54 Å². The third kappa shape index (κ3) is 4.76. The predicted molar refractivity (Wildman–Crippen MR) is 84.5 cm³/mol. The van der Waals surface area contributed by atoms with Gasteiger partial charge in [-0.3, -0.25) is 4.79 Å². The normalized spacial score (nSPS) is 14.3. The van der Waals surface area contributed by atoms with E-state index in [0.717, 1.165) is 12.1 Å². The molecule has 2 N–H and O–H groups in total. The van der Waals surface area contributed by atoms with Crippen LogP contribution in [0, 0.1) is 0 Å². The second kappa shape index (κ2) is 7.55. The van der Waals surface area contributed by atoms with Crippen LogP contribution in [0.3, 0.4) is 0 Å². The number of pyridine rings is 1. The smallest absolute Gasteiger partial charge is 0.388 e. The molecule has 1 aromatic carbocycles. The fourth-order valence-electron chi connectivity index (χ4n) is 2.40.